The van der Waals surface area contributed by atoms with E-state index < -0.39 is 40.3 Å². The molecular formula is C31H38Cl2N2O6. The Hall–Kier alpha value is -3.10. The molecule has 0 saturated heterocycles. The Kier molecular flexibility index (Phi) is 9.81. The van der Waals surface area contributed by atoms with Gasteiger partial charge in [-0.1, -0.05) is 49.2 Å². The Bertz CT molecular complexity index is 1320. The zero-order chi connectivity index (χ0) is 30.8. The first-order chi connectivity index (χ1) is 19.0. The second-order valence-corrected chi connectivity index (χ2v) is 13.1. The summed E-state index contributed by atoms with van der Waals surface area (Å²) >= 11 is 12.1. The van der Waals surface area contributed by atoms with Gasteiger partial charge >= 0.3 is 11.9 Å². The van der Waals surface area contributed by atoms with E-state index in [0.717, 1.165) is 5.56 Å². The number of benzene rings is 2. The van der Waals surface area contributed by atoms with Crippen molar-refractivity contribution in [2.24, 2.45) is 16.7 Å². The van der Waals surface area contributed by atoms with Crippen LogP contribution in [0.25, 0.3) is 0 Å². The summed E-state index contributed by atoms with van der Waals surface area (Å²) in [6, 6.07) is 10.6. The van der Waals surface area contributed by atoms with Gasteiger partial charge in [0.1, 0.15) is 11.6 Å². The van der Waals surface area contributed by atoms with Gasteiger partial charge in [-0.25, -0.2) is 4.79 Å². The molecule has 2 aromatic carbocycles. The lowest BCUT2D eigenvalue weighted by Crippen LogP contribution is -2.51. The van der Waals surface area contributed by atoms with Crippen molar-refractivity contribution >= 4 is 52.6 Å². The standard InChI is InChI=1S/C31H38Cl2N2O6/c1-29(2,3)41-28(39)31(6)15-14-22(30(31,4)5)26(37)35-24(27(38)40-7)16-18-8-11-20(12-9-18)34-25(36)21-17-19(32)10-13-23(21)33/h8-13,17,22,24H,14-16H2,1-7H3,(H,34,36)(H,35,37)/t22-,24-,31+/m1/s1. The number of esters is 2. The number of nitrogens with one attached hydrogen (secondary N) is 2. The minimum atomic E-state index is -0.942. The normalized spacial score (nSPS) is 20.6. The Morgan fingerprint density at radius 2 is 1.66 bits per heavy atom. The molecule has 0 heterocycles. The number of halogens is 2. The molecule has 2 aromatic rings. The molecule has 3 rings (SSSR count). The first-order valence-corrected chi connectivity index (χ1v) is 14.2. The van der Waals surface area contributed by atoms with E-state index in [1.54, 1.807) is 36.4 Å². The van der Waals surface area contributed by atoms with Gasteiger partial charge in [-0.05, 0) is 81.8 Å². The van der Waals surface area contributed by atoms with Gasteiger partial charge in [-0.3, -0.25) is 14.4 Å². The summed E-state index contributed by atoms with van der Waals surface area (Å²) in [6.07, 6.45) is 1.14. The summed E-state index contributed by atoms with van der Waals surface area (Å²) in [5.41, 5.74) is -0.724. The fourth-order valence-electron chi connectivity index (χ4n) is 5.15. The van der Waals surface area contributed by atoms with Gasteiger partial charge in [0.2, 0.25) is 5.91 Å². The van der Waals surface area contributed by atoms with E-state index >= 15 is 0 Å². The molecule has 2 N–H and O–H groups in total. The first kappa shape index (κ1) is 32.4. The van der Waals surface area contributed by atoms with Crippen molar-refractivity contribution < 1.29 is 28.7 Å². The Morgan fingerprint density at radius 3 is 2.24 bits per heavy atom. The van der Waals surface area contributed by atoms with Crippen LogP contribution in [0.15, 0.2) is 42.5 Å². The second-order valence-electron chi connectivity index (χ2n) is 12.2. The average molecular weight is 606 g/mol. The Morgan fingerprint density at radius 1 is 1.02 bits per heavy atom. The lowest BCUT2D eigenvalue weighted by Gasteiger charge is -2.40. The molecule has 0 aliphatic heterocycles. The van der Waals surface area contributed by atoms with Gasteiger partial charge in [0.15, 0.2) is 0 Å². The van der Waals surface area contributed by atoms with Gasteiger partial charge in [-0.2, -0.15) is 0 Å². The number of methoxy groups -OCH3 is 1. The van der Waals surface area contributed by atoms with Gasteiger partial charge in [-0.15, -0.1) is 0 Å². The SMILES string of the molecule is COC(=O)[C@@H](Cc1ccc(NC(=O)c2cc(Cl)ccc2Cl)cc1)NC(=O)[C@H]1CC[C@@](C)(C(=O)OC(C)(C)C)C1(C)C. The van der Waals surface area contributed by atoms with Crippen LogP contribution in [0.4, 0.5) is 5.69 Å². The number of hydrogen-bond donors (Lipinski definition) is 2. The van der Waals surface area contributed by atoms with E-state index in [0.29, 0.717) is 23.6 Å². The molecule has 0 unspecified atom stereocenters. The van der Waals surface area contributed by atoms with Crippen LogP contribution in [-0.2, 0) is 30.3 Å². The molecule has 0 bridgehead atoms. The highest BCUT2D eigenvalue weighted by molar-refractivity contribution is 6.36. The van der Waals surface area contributed by atoms with Crippen LogP contribution >= 0.6 is 23.2 Å². The molecule has 1 aliphatic carbocycles. The summed E-state index contributed by atoms with van der Waals surface area (Å²) in [7, 11) is 1.26. The third-order valence-electron chi connectivity index (χ3n) is 8.02. The zero-order valence-electron chi connectivity index (χ0n) is 24.5. The monoisotopic (exact) mass is 604 g/mol. The maximum absolute atomic E-state index is 13.5. The summed E-state index contributed by atoms with van der Waals surface area (Å²) in [5, 5.41) is 6.29. The predicted octanol–water partition coefficient (Wildman–Crippen LogP) is 6.23. The third kappa shape index (κ3) is 7.41. The average Bonchev–Trinajstić information content (AvgIpc) is 3.14. The van der Waals surface area contributed by atoms with Gasteiger partial charge < -0.3 is 20.1 Å². The summed E-state index contributed by atoms with van der Waals surface area (Å²) < 4.78 is 10.7. The maximum Gasteiger partial charge on any atom is 0.328 e. The number of ether oxygens (including phenoxy) is 2. The Labute approximate surface area is 251 Å². The van der Waals surface area contributed by atoms with Crippen LogP contribution in [0, 0.1) is 16.7 Å². The molecule has 3 atom stereocenters. The van der Waals surface area contributed by atoms with Crippen LogP contribution in [0.1, 0.15) is 70.3 Å². The molecule has 8 nitrogen and oxygen atoms in total. The highest BCUT2D eigenvalue weighted by Gasteiger charge is 2.59. The molecule has 2 amide bonds. The fraction of sp³-hybridized carbons (Fsp3) is 0.484. The molecule has 0 radical (unpaired) electrons. The molecule has 222 valence electrons. The summed E-state index contributed by atoms with van der Waals surface area (Å²) in [4.78, 5) is 51.9. The molecule has 41 heavy (non-hydrogen) atoms. The van der Waals surface area contributed by atoms with Crippen molar-refractivity contribution in [1.29, 1.82) is 0 Å². The molecular weight excluding hydrogens is 567 g/mol. The fourth-order valence-corrected chi connectivity index (χ4v) is 5.53. The first-order valence-electron chi connectivity index (χ1n) is 13.5. The summed E-state index contributed by atoms with van der Waals surface area (Å²) in [6.45, 7) is 11.1. The van der Waals surface area contributed by atoms with Crippen LogP contribution < -0.4 is 10.6 Å². The van der Waals surface area contributed by atoms with E-state index in [1.807, 2.05) is 41.5 Å². The highest BCUT2D eigenvalue weighted by atomic mass is 35.5. The van der Waals surface area contributed by atoms with Crippen LogP contribution in [0.5, 0.6) is 0 Å². The predicted molar refractivity (Wildman–Crippen MR) is 159 cm³/mol. The van der Waals surface area contributed by atoms with E-state index in [2.05, 4.69) is 10.6 Å². The van der Waals surface area contributed by atoms with Crippen molar-refractivity contribution in [2.75, 3.05) is 12.4 Å². The minimum absolute atomic E-state index is 0.170. The lowest BCUT2D eigenvalue weighted by molar-refractivity contribution is -0.173. The van der Waals surface area contributed by atoms with Gasteiger partial charge in [0.05, 0.1) is 23.1 Å². The summed E-state index contributed by atoms with van der Waals surface area (Å²) in [5.74, 6) is -2.16. The molecule has 1 aliphatic rings. The van der Waals surface area contributed by atoms with E-state index in [1.165, 1.54) is 13.2 Å². The largest absolute Gasteiger partial charge is 0.467 e. The molecule has 0 aromatic heterocycles. The van der Waals surface area contributed by atoms with Crippen molar-refractivity contribution in [2.45, 2.75) is 72.4 Å². The molecule has 10 heteroatoms. The topological polar surface area (TPSA) is 111 Å². The Balaban J connectivity index is 1.70. The minimum Gasteiger partial charge on any atom is -0.467 e. The number of hydrogen-bond acceptors (Lipinski definition) is 6. The van der Waals surface area contributed by atoms with Crippen molar-refractivity contribution in [3.63, 3.8) is 0 Å². The quantitative estimate of drug-likeness (QED) is 0.345. The molecule has 0 spiro atoms. The van der Waals surface area contributed by atoms with E-state index in [9.17, 15) is 19.2 Å². The van der Waals surface area contributed by atoms with Gasteiger partial charge in [0.25, 0.3) is 5.91 Å². The maximum atomic E-state index is 13.5. The van der Waals surface area contributed by atoms with Crippen molar-refractivity contribution in [1.82, 2.24) is 5.32 Å². The van der Waals surface area contributed by atoms with Crippen LogP contribution in [0.3, 0.4) is 0 Å². The van der Waals surface area contributed by atoms with E-state index in [-0.39, 0.29) is 28.9 Å². The third-order valence-corrected chi connectivity index (χ3v) is 8.58. The number of carbonyl (C=O) groups excluding carboxylic acids is 4. The smallest absolute Gasteiger partial charge is 0.328 e. The zero-order valence-corrected chi connectivity index (χ0v) is 26.0. The highest BCUT2D eigenvalue weighted by Crippen LogP contribution is 2.57. The second kappa shape index (κ2) is 12.4. The van der Waals surface area contributed by atoms with Gasteiger partial charge in [0, 0.05) is 23.0 Å². The molecule has 1 fully saturated rings. The number of rotatable bonds is 8. The van der Waals surface area contributed by atoms with Crippen LogP contribution in [0.2, 0.25) is 10.0 Å². The lowest BCUT2D eigenvalue weighted by atomic mass is 9.65. The van der Waals surface area contributed by atoms with Crippen molar-refractivity contribution in [3.05, 3.63) is 63.6 Å². The van der Waals surface area contributed by atoms with Crippen molar-refractivity contribution in [3.8, 4) is 0 Å². The number of carbonyl (C=O) groups is 4. The van der Waals surface area contributed by atoms with Crippen LogP contribution in [-0.4, -0.2) is 42.5 Å². The molecule has 1 saturated carbocycles. The number of anilines is 1. The van der Waals surface area contributed by atoms with E-state index in [4.69, 9.17) is 32.7 Å². The number of amides is 2.